The van der Waals surface area contributed by atoms with Crippen molar-refractivity contribution in [2.45, 2.75) is 49.1 Å². The van der Waals surface area contributed by atoms with Crippen molar-refractivity contribution in [1.29, 1.82) is 0 Å². The highest BCUT2D eigenvalue weighted by Crippen LogP contribution is 2.40. The lowest BCUT2D eigenvalue weighted by Crippen LogP contribution is -2.23. The monoisotopic (exact) mass is 560 g/mol. The van der Waals surface area contributed by atoms with E-state index in [1.165, 1.54) is 24.9 Å². The van der Waals surface area contributed by atoms with Crippen molar-refractivity contribution in [2.24, 2.45) is 0 Å². The Labute approximate surface area is 223 Å². The predicted octanol–water partition coefficient (Wildman–Crippen LogP) is 4.78. The van der Waals surface area contributed by atoms with Crippen LogP contribution in [0.25, 0.3) is 0 Å². The van der Waals surface area contributed by atoms with Crippen LogP contribution in [0.5, 0.6) is 5.75 Å². The van der Waals surface area contributed by atoms with Crippen molar-refractivity contribution in [3.63, 3.8) is 0 Å². The molecule has 1 saturated carbocycles. The Morgan fingerprint density at radius 3 is 2.55 bits per heavy atom. The van der Waals surface area contributed by atoms with Crippen molar-refractivity contribution in [2.75, 3.05) is 16.6 Å². The highest BCUT2D eigenvalue weighted by Gasteiger charge is 2.32. The second-order valence-corrected chi connectivity index (χ2v) is 11.2. The van der Waals surface area contributed by atoms with Crippen molar-refractivity contribution < 1.29 is 27.0 Å². The van der Waals surface area contributed by atoms with Crippen LogP contribution in [-0.2, 0) is 10.0 Å². The van der Waals surface area contributed by atoms with E-state index in [0.717, 1.165) is 43.9 Å². The smallest absolute Gasteiger partial charge is 0.265 e. The van der Waals surface area contributed by atoms with Gasteiger partial charge in [0.05, 0.1) is 16.8 Å². The number of fused-ring (bicyclic) bond motifs is 1. The first-order valence-electron chi connectivity index (χ1n) is 12.0. The third-order valence-electron chi connectivity index (χ3n) is 6.34. The van der Waals surface area contributed by atoms with Gasteiger partial charge in [0.25, 0.3) is 10.0 Å². The summed E-state index contributed by atoms with van der Waals surface area (Å²) in [7, 11) is -4.43. The molecular formula is C26H23ClF2N4O4S. The van der Waals surface area contributed by atoms with E-state index in [-0.39, 0.29) is 27.8 Å². The molecule has 0 radical (unpaired) electrons. The zero-order valence-electron chi connectivity index (χ0n) is 20.0. The quantitative estimate of drug-likeness (QED) is 0.385. The molecule has 1 unspecified atom stereocenters. The maximum absolute atomic E-state index is 15.2. The molecule has 8 nitrogen and oxygen atoms in total. The van der Waals surface area contributed by atoms with E-state index in [2.05, 4.69) is 31.8 Å². The third-order valence-corrected chi connectivity index (χ3v) is 7.93. The number of aromatic nitrogens is 2. The fourth-order valence-electron chi connectivity index (χ4n) is 4.42. The van der Waals surface area contributed by atoms with E-state index in [1.807, 2.05) is 0 Å². The van der Waals surface area contributed by atoms with E-state index < -0.39 is 39.0 Å². The van der Waals surface area contributed by atoms with E-state index in [9.17, 15) is 17.9 Å². The van der Waals surface area contributed by atoms with Crippen LogP contribution in [0.2, 0.25) is 5.02 Å². The number of aliphatic hydroxyl groups excluding tert-OH is 1. The number of halogens is 3. The van der Waals surface area contributed by atoms with Gasteiger partial charge in [0.2, 0.25) is 5.95 Å². The van der Waals surface area contributed by atoms with Crippen LogP contribution in [0.1, 0.15) is 54.9 Å². The molecule has 2 aromatic carbocycles. The van der Waals surface area contributed by atoms with Gasteiger partial charge in [-0.3, -0.25) is 4.72 Å². The van der Waals surface area contributed by atoms with E-state index in [1.54, 1.807) is 0 Å². The summed E-state index contributed by atoms with van der Waals surface area (Å²) in [5.41, 5.74) is -0.621. The molecule has 2 aliphatic rings. The number of benzene rings is 2. The fourth-order valence-corrected chi connectivity index (χ4v) is 5.97. The highest BCUT2D eigenvalue weighted by molar-refractivity contribution is 7.92. The van der Waals surface area contributed by atoms with Crippen LogP contribution >= 0.6 is 11.6 Å². The average Bonchev–Trinajstić information content (AvgIpc) is 3.27. The number of hydrogen-bond acceptors (Lipinski definition) is 7. The van der Waals surface area contributed by atoms with Crippen molar-refractivity contribution in [3.05, 3.63) is 70.0 Å². The van der Waals surface area contributed by atoms with E-state index in [4.69, 9.17) is 16.3 Å². The highest BCUT2D eigenvalue weighted by atomic mass is 35.5. The van der Waals surface area contributed by atoms with Crippen LogP contribution in [-0.4, -0.2) is 36.1 Å². The number of nitrogens with one attached hydrogen (secondary N) is 2. The summed E-state index contributed by atoms with van der Waals surface area (Å²) >= 11 is 6.02. The number of rotatable bonds is 5. The van der Waals surface area contributed by atoms with Gasteiger partial charge in [-0.05, 0) is 37.1 Å². The minimum absolute atomic E-state index is 0.0435. The van der Waals surface area contributed by atoms with Crippen LogP contribution in [0, 0.1) is 23.5 Å². The molecule has 3 N–H and O–H groups in total. The van der Waals surface area contributed by atoms with Gasteiger partial charge >= 0.3 is 0 Å². The normalized spacial score (nSPS) is 17.2. The first kappa shape index (κ1) is 26.2. The topological polar surface area (TPSA) is 113 Å². The van der Waals surface area contributed by atoms with Crippen molar-refractivity contribution in [1.82, 2.24) is 9.97 Å². The second-order valence-electron chi connectivity index (χ2n) is 9.06. The number of hydrogen-bond donors (Lipinski definition) is 3. The molecule has 1 aromatic heterocycles. The zero-order valence-corrected chi connectivity index (χ0v) is 21.5. The molecule has 1 aliphatic carbocycles. The van der Waals surface area contributed by atoms with Crippen LogP contribution in [0.15, 0.2) is 41.6 Å². The van der Waals surface area contributed by atoms with E-state index >= 15 is 4.39 Å². The Hall–Kier alpha value is -3.46. The van der Waals surface area contributed by atoms with Gasteiger partial charge in [-0.25, -0.2) is 27.2 Å². The molecule has 1 fully saturated rings. The summed E-state index contributed by atoms with van der Waals surface area (Å²) in [4.78, 5) is 8.07. The standard InChI is InChI=1S/C26H23ClF2N4O4S/c27-16-10-19-22(34)14-37-25(19)23(11-16)38(35,36)33-21-9-8-20(28)18(24(21)29)7-6-15-12-30-26(31-13-15)32-17-4-2-1-3-5-17/h8-13,17,22,33-34H,1-5,14H2,(H,30,31,32). The minimum Gasteiger partial charge on any atom is -0.489 e. The van der Waals surface area contributed by atoms with Gasteiger partial charge in [-0.1, -0.05) is 42.7 Å². The summed E-state index contributed by atoms with van der Waals surface area (Å²) < 4.78 is 63.2. The Kier molecular flexibility index (Phi) is 7.38. The zero-order chi connectivity index (χ0) is 26.9. The lowest BCUT2D eigenvalue weighted by Gasteiger charge is -2.22. The second kappa shape index (κ2) is 10.7. The number of ether oxygens (including phenoxy) is 1. The van der Waals surface area contributed by atoms with Gasteiger partial charge < -0.3 is 15.2 Å². The van der Waals surface area contributed by atoms with Gasteiger partial charge in [0, 0.05) is 29.0 Å². The predicted molar refractivity (Wildman–Crippen MR) is 138 cm³/mol. The molecule has 5 rings (SSSR count). The molecule has 12 heteroatoms. The van der Waals surface area contributed by atoms with Gasteiger partial charge in [-0.2, -0.15) is 0 Å². The molecule has 2 heterocycles. The lowest BCUT2D eigenvalue weighted by atomic mass is 9.96. The number of aliphatic hydroxyl groups is 1. The first-order chi connectivity index (χ1) is 18.2. The molecule has 1 aliphatic heterocycles. The molecule has 3 aromatic rings. The molecule has 198 valence electrons. The van der Waals surface area contributed by atoms with Gasteiger partial charge in [0.15, 0.2) is 5.82 Å². The third kappa shape index (κ3) is 5.53. The largest absolute Gasteiger partial charge is 0.489 e. The summed E-state index contributed by atoms with van der Waals surface area (Å²) in [6, 6.07) is 4.68. The number of anilines is 2. The Balaban J connectivity index is 1.37. The Bertz CT molecular complexity index is 1540. The molecular weight excluding hydrogens is 538 g/mol. The minimum atomic E-state index is -4.43. The molecule has 1 atom stereocenters. The van der Waals surface area contributed by atoms with Crippen molar-refractivity contribution >= 4 is 33.3 Å². The van der Waals surface area contributed by atoms with Crippen LogP contribution < -0.4 is 14.8 Å². The van der Waals surface area contributed by atoms with Crippen LogP contribution in [0.3, 0.4) is 0 Å². The molecule has 0 spiro atoms. The number of nitrogens with zero attached hydrogens (tertiary/aromatic N) is 2. The van der Waals surface area contributed by atoms with Gasteiger partial charge in [0.1, 0.15) is 29.2 Å². The molecule has 38 heavy (non-hydrogen) atoms. The van der Waals surface area contributed by atoms with Crippen molar-refractivity contribution in [3.8, 4) is 17.6 Å². The fraction of sp³-hybridized carbons (Fsp3) is 0.308. The summed E-state index contributed by atoms with van der Waals surface area (Å²) in [6.45, 7) is -0.149. The lowest BCUT2D eigenvalue weighted by molar-refractivity contribution is 0.140. The molecule has 0 amide bonds. The maximum atomic E-state index is 15.2. The molecule has 0 saturated heterocycles. The first-order valence-corrected chi connectivity index (χ1v) is 13.8. The summed E-state index contributed by atoms with van der Waals surface area (Å²) in [5, 5.41) is 13.3. The SMILES string of the molecule is O=S(=O)(Nc1ccc(F)c(C#Cc2cnc(NC3CCCCC3)nc2)c1F)c1cc(Cl)cc2c1OCC2O. The summed E-state index contributed by atoms with van der Waals surface area (Å²) in [5.74, 6) is 3.23. The number of sulfonamides is 1. The Morgan fingerprint density at radius 2 is 1.82 bits per heavy atom. The molecule has 0 bridgehead atoms. The van der Waals surface area contributed by atoms with Gasteiger partial charge in [-0.15, -0.1) is 0 Å². The average molecular weight is 561 g/mol. The van der Waals surface area contributed by atoms with Crippen LogP contribution in [0.4, 0.5) is 20.4 Å². The van der Waals surface area contributed by atoms with E-state index in [0.29, 0.717) is 17.6 Å². The Morgan fingerprint density at radius 1 is 1.08 bits per heavy atom. The summed E-state index contributed by atoms with van der Waals surface area (Å²) in [6.07, 6.45) is 7.49. The maximum Gasteiger partial charge on any atom is 0.265 e.